The Hall–Kier alpha value is -3.31. The number of thiazole rings is 1. The van der Waals surface area contributed by atoms with Crippen molar-refractivity contribution in [2.24, 2.45) is 0 Å². The lowest BCUT2D eigenvalue weighted by atomic mass is 9.90. The second-order valence-corrected chi connectivity index (χ2v) is 7.55. The Morgan fingerprint density at radius 3 is 2.18 bits per heavy atom. The minimum atomic E-state index is -0.393. The quantitative estimate of drug-likeness (QED) is 0.508. The van der Waals surface area contributed by atoms with Gasteiger partial charge in [-0.2, -0.15) is 0 Å². The molecule has 1 N–H and O–H groups in total. The van der Waals surface area contributed by atoms with Gasteiger partial charge in [-0.05, 0) is 29.7 Å². The monoisotopic (exact) mass is 385 g/mol. The molecule has 2 aromatic heterocycles. The molecule has 2 heterocycles. The Balaban J connectivity index is 1.60. The van der Waals surface area contributed by atoms with E-state index in [4.69, 9.17) is 0 Å². The smallest absolute Gasteiger partial charge is 0.238 e. The second-order valence-electron chi connectivity index (χ2n) is 6.52. The SMILES string of the molecule is Cc1cncc(-c2cnc(NC(=O)C(c3ccccc3)c3ccccc3)s2)c1. The molecule has 0 bridgehead atoms. The first-order valence-electron chi connectivity index (χ1n) is 8.99. The summed E-state index contributed by atoms with van der Waals surface area (Å²) in [6, 6.07) is 21.7. The fourth-order valence-corrected chi connectivity index (χ4v) is 3.92. The molecule has 4 rings (SSSR count). The van der Waals surface area contributed by atoms with Crippen LogP contribution in [0.15, 0.2) is 85.3 Å². The maximum absolute atomic E-state index is 13.2. The number of anilines is 1. The molecule has 0 aliphatic rings. The van der Waals surface area contributed by atoms with E-state index in [0.717, 1.165) is 27.1 Å². The number of benzene rings is 2. The number of hydrogen-bond donors (Lipinski definition) is 1. The molecule has 0 spiro atoms. The van der Waals surface area contributed by atoms with Gasteiger partial charge in [0.2, 0.25) is 5.91 Å². The number of carbonyl (C=O) groups excluding carboxylic acids is 1. The van der Waals surface area contributed by atoms with E-state index in [2.05, 4.69) is 21.4 Å². The summed E-state index contributed by atoms with van der Waals surface area (Å²) in [5.74, 6) is -0.490. The minimum absolute atomic E-state index is 0.0966. The Morgan fingerprint density at radius 1 is 0.929 bits per heavy atom. The van der Waals surface area contributed by atoms with Crippen LogP contribution in [0, 0.1) is 6.92 Å². The average molecular weight is 385 g/mol. The summed E-state index contributed by atoms with van der Waals surface area (Å²) in [7, 11) is 0. The molecule has 2 aromatic carbocycles. The summed E-state index contributed by atoms with van der Waals surface area (Å²) in [4.78, 5) is 22.8. The highest BCUT2D eigenvalue weighted by Gasteiger charge is 2.23. The first-order valence-corrected chi connectivity index (χ1v) is 9.81. The van der Waals surface area contributed by atoms with E-state index in [1.807, 2.05) is 80.0 Å². The zero-order valence-corrected chi connectivity index (χ0v) is 16.2. The lowest BCUT2D eigenvalue weighted by Gasteiger charge is -2.17. The first-order chi connectivity index (χ1) is 13.7. The third-order valence-electron chi connectivity index (χ3n) is 4.42. The lowest BCUT2D eigenvalue weighted by Crippen LogP contribution is -2.22. The fraction of sp³-hybridized carbons (Fsp3) is 0.0870. The van der Waals surface area contributed by atoms with Gasteiger partial charge >= 0.3 is 0 Å². The Kier molecular flexibility index (Phi) is 5.26. The van der Waals surface area contributed by atoms with E-state index in [0.29, 0.717) is 5.13 Å². The van der Waals surface area contributed by atoms with E-state index < -0.39 is 5.92 Å². The van der Waals surface area contributed by atoms with Crippen LogP contribution in [0.2, 0.25) is 0 Å². The topological polar surface area (TPSA) is 54.9 Å². The van der Waals surface area contributed by atoms with Crippen molar-refractivity contribution in [3.63, 3.8) is 0 Å². The van der Waals surface area contributed by atoms with Gasteiger partial charge in [-0.3, -0.25) is 9.78 Å². The lowest BCUT2D eigenvalue weighted by molar-refractivity contribution is -0.116. The maximum Gasteiger partial charge on any atom is 0.238 e. The summed E-state index contributed by atoms with van der Waals surface area (Å²) in [5.41, 5.74) is 3.99. The van der Waals surface area contributed by atoms with Gasteiger partial charge in [0.15, 0.2) is 5.13 Å². The number of nitrogens with zero attached hydrogens (tertiary/aromatic N) is 2. The van der Waals surface area contributed by atoms with Gasteiger partial charge in [0.25, 0.3) is 0 Å². The summed E-state index contributed by atoms with van der Waals surface area (Å²) < 4.78 is 0. The molecule has 0 atom stereocenters. The van der Waals surface area contributed by atoms with Crippen molar-refractivity contribution in [2.45, 2.75) is 12.8 Å². The molecule has 0 unspecified atom stereocenters. The molecular formula is C23H19N3OS. The molecule has 0 radical (unpaired) electrons. The minimum Gasteiger partial charge on any atom is -0.301 e. The van der Waals surface area contributed by atoms with Crippen LogP contribution >= 0.6 is 11.3 Å². The molecule has 28 heavy (non-hydrogen) atoms. The second kappa shape index (κ2) is 8.15. The molecule has 0 saturated carbocycles. The first kappa shape index (κ1) is 18.1. The number of pyridine rings is 1. The predicted molar refractivity (Wildman–Crippen MR) is 113 cm³/mol. The summed E-state index contributed by atoms with van der Waals surface area (Å²) in [6.45, 7) is 2.00. The van der Waals surface area contributed by atoms with Crippen LogP contribution in [-0.4, -0.2) is 15.9 Å². The van der Waals surface area contributed by atoms with Gasteiger partial charge in [0.1, 0.15) is 0 Å². The van der Waals surface area contributed by atoms with E-state index in [1.165, 1.54) is 11.3 Å². The zero-order chi connectivity index (χ0) is 19.3. The Bertz CT molecular complexity index is 1040. The van der Waals surface area contributed by atoms with Gasteiger partial charge in [-0.15, -0.1) is 0 Å². The van der Waals surface area contributed by atoms with E-state index in [9.17, 15) is 4.79 Å². The van der Waals surface area contributed by atoms with Crippen LogP contribution in [0.1, 0.15) is 22.6 Å². The maximum atomic E-state index is 13.2. The number of rotatable bonds is 5. The highest BCUT2D eigenvalue weighted by molar-refractivity contribution is 7.19. The van der Waals surface area contributed by atoms with Crippen LogP contribution in [0.4, 0.5) is 5.13 Å². The molecule has 0 fully saturated rings. The van der Waals surface area contributed by atoms with E-state index >= 15 is 0 Å². The van der Waals surface area contributed by atoms with E-state index in [1.54, 1.807) is 6.20 Å². The van der Waals surface area contributed by atoms with Crippen LogP contribution in [-0.2, 0) is 4.79 Å². The van der Waals surface area contributed by atoms with Crippen molar-refractivity contribution in [2.75, 3.05) is 5.32 Å². The number of aromatic nitrogens is 2. The number of aryl methyl sites for hydroxylation is 1. The van der Waals surface area contributed by atoms with Crippen LogP contribution in [0.5, 0.6) is 0 Å². The van der Waals surface area contributed by atoms with Crippen molar-refractivity contribution in [3.8, 4) is 10.4 Å². The molecule has 4 aromatic rings. The highest BCUT2D eigenvalue weighted by Crippen LogP contribution is 2.31. The van der Waals surface area contributed by atoms with Gasteiger partial charge < -0.3 is 5.32 Å². The normalized spacial score (nSPS) is 10.8. The van der Waals surface area contributed by atoms with Crippen molar-refractivity contribution < 1.29 is 4.79 Å². The third kappa shape index (κ3) is 4.00. The largest absolute Gasteiger partial charge is 0.301 e. The number of nitrogens with one attached hydrogen (secondary N) is 1. The average Bonchev–Trinajstić information content (AvgIpc) is 3.18. The fourth-order valence-electron chi connectivity index (χ4n) is 3.12. The van der Waals surface area contributed by atoms with Gasteiger partial charge in [-0.1, -0.05) is 72.0 Å². The van der Waals surface area contributed by atoms with Gasteiger partial charge in [0, 0.05) is 24.2 Å². The third-order valence-corrected chi connectivity index (χ3v) is 5.39. The molecular weight excluding hydrogens is 366 g/mol. The molecule has 5 heteroatoms. The Labute approximate surface area is 167 Å². The molecule has 0 saturated heterocycles. The van der Waals surface area contributed by atoms with E-state index in [-0.39, 0.29) is 5.91 Å². The predicted octanol–water partition coefficient (Wildman–Crippen LogP) is 5.28. The van der Waals surface area contributed by atoms with Gasteiger partial charge in [-0.25, -0.2) is 4.98 Å². The molecule has 0 aliphatic carbocycles. The van der Waals surface area contributed by atoms with Crippen molar-refractivity contribution >= 4 is 22.4 Å². The summed E-state index contributed by atoms with van der Waals surface area (Å²) in [5, 5.41) is 3.57. The van der Waals surface area contributed by atoms with Crippen molar-refractivity contribution in [3.05, 3.63) is 102 Å². The molecule has 4 nitrogen and oxygen atoms in total. The number of hydrogen-bond acceptors (Lipinski definition) is 4. The zero-order valence-electron chi connectivity index (χ0n) is 15.4. The van der Waals surface area contributed by atoms with Crippen LogP contribution in [0.3, 0.4) is 0 Å². The van der Waals surface area contributed by atoms with Crippen LogP contribution < -0.4 is 5.32 Å². The number of carbonyl (C=O) groups is 1. The molecule has 0 aliphatic heterocycles. The summed E-state index contributed by atoms with van der Waals surface area (Å²) in [6.07, 6.45) is 5.40. The van der Waals surface area contributed by atoms with Crippen molar-refractivity contribution in [1.82, 2.24) is 9.97 Å². The summed E-state index contributed by atoms with van der Waals surface area (Å²) >= 11 is 1.45. The van der Waals surface area contributed by atoms with Crippen molar-refractivity contribution in [1.29, 1.82) is 0 Å². The molecule has 1 amide bonds. The van der Waals surface area contributed by atoms with Crippen LogP contribution in [0.25, 0.3) is 10.4 Å². The van der Waals surface area contributed by atoms with Gasteiger partial charge in [0.05, 0.1) is 10.8 Å². The standard InChI is InChI=1S/C23H19N3OS/c1-16-12-19(14-24-13-16)20-15-25-23(28-20)26-22(27)21(17-8-4-2-5-9-17)18-10-6-3-7-11-18/h2-15,21H,1H3,(H,25,26,27). The highest BCUT2D eigenvalue weighted by atomic mass is 32.1. The molecule has 138 valence electrons. The Morgan fingerprint density at radius 2 is 1.57 bits per heavy atom. The number of amides is 1.